The van der Waals surface area contributed by atoms with Crippen molar-refractivity contribution in [2.45, 2.75) is 73.1 Å². The normalized spacial score (nSPS) is 15.6. The van der Waals surface area contributed by atoms with Crippen molar-refractivity contribution < 1.29 is 19.1 Å². The number of amides is 1. The van der Waals surface area contributed by atoms with Crippen molar-refractivity contribution >= 4 is 28.2 Å². The lowest BCUT2D eigenvalue weighted by Crippen LogP contribution is -2.26. The number of aryl methyl sites for hydroxylation is 1. The van der Waals surface area contributed by atoms with E-state index >= 15 is 0 Å². The van der Waals surface area contributed by atoms with Crippen LogP contribution in [0.1, 0.15) is 80.2 Å². The molecule has 1 amide bonds. The van der Waals surface area contributed by atoms with E-state index in [0.29, 0.717) is 42.5 Å². The van der Waals surface area contributed by atoms with Crippen molar-refractivity contribution in [3.63, 3.8) is 0 Å². The van der Waals surface area contributed by atoms with Crippen molar-refractivity contribution in [2.24, 2.45) is 11.3 Å². The molecule has 1 aliphatic rings. The second-order valence-corrected chi connectivity index (χ2v) is 10.8. The molecule has 1 aromatic carbocycles. The molecule has 0 saturated carbocycles. The fraction of sp³-hybridized carbons (Fsp3) is 0.556. The Hall–Kier alpha value is -2.34. The summed E-state index contributed by atoms with van der Waals surface area (Å²) >= 11 is 1.54. The topological polar surface area (TPSA) is 64.6 Å². The second-order valence-electron chi connectivity index (χ2n) is 9.73. The number of ether oxygens (including phenoxy) is 2. The number of hydrogen-bond acceptors (Lipinski definition) is 5. The van der Waals surface area contributed by atoms with Crippen LogP contribution in [-0.2, 0) is 28.8 Å². The summed E-state index contributed by atoms with van der Waals surface area (Å²) in [6, 6.07) is 8.04. The maximum absolute atomic E-state index is 12.7. The zero-order valence-corrected chi connectivity index (χ0v) is 21.4. The zero-order chi connectivity index (χ0) is 24.0. The highest BCUT2D eigenvalue weighted by Crippen LogP contribution is 2.44. The minimum Gasteiger partial charge on any atom is -0.494 e. The highest BCUT2D eigenvalue weighted by Gasteiger charge is 2.34. The summed E-state index contributed by atoms with van der Waals surface area (Å²) < 4.78 is 11.1. The predicted molar refractivity (Wildman–Crippen MR) is 134 cm³/mol. The van der Waals surface area contributed by atoms with Gasteiger partial charge in [0.1, 0.15) is 10.8 Å². The molecule has 1 aliphatic carbocycles. The van der Waals surface area contributed by atoms with Crippen LogP contribution in [0.5, 0.6) is 5.75 Å². The lowest BCUT2D eigenvalue weighted by Gasteiger charge is -2.33. The van der Waals surface area contributed by atoms with E-state index in [1.54, 1.807) is 6.92 Å². The average Bonchev–Trinajstić information content (AvgIpc) is 3.13. The highest BCUT2D eigenvalue weighted by atomic mass is 32.1. The molecule has 2 aromatic rings. The minimum atomic E-state index is -0.335. The van der Waals surface area contributed by atoms with Crippen molar-refractivity contribution in [2.75, 3.05) is 18.5 Å². The molecule has 0 aliphatic heterocycles. The Morgan fingerprint density at radius 2 is 1.88 bits per heavy atom. The van der Waals surface area contributed by atoms with Gasteiger partial charge in [-0.25, -0.2) is 4.79 Å². The summed E-state index contributed by atoms with van der Waals surface area (Å²) in [4.78, 5) is 26.6. The Kier molecular flexibility index (Phi) is 8.57. The first-order valence-electron chi connectivity index (χ1n) is 12.1. The number of carbonyl (C=O) groups excluding carboxylic acids is 2. The maximum Gasteiger partial charge on any atom is 0.341 e. The molecule has 0 bridgehead atoms. The number of fused-ring (bicyclic) bond motifs is 1. The van der Waals surface area contributed by atoms with Gasteiger partial charge >= 0.3 is 5.97 Å². The van der Waals surface area contributed by atoms with E-state index in [9.17, 15) is 9.59 Å². The number of benzene rings is 1. The number of rotatable bonds is 9. The van der Waals surface area contributed by atoms with Crippen molar-refractivity contribution in [1.82, 2.24) is 0 Å². The Labute approximate surface area is 201 Å². The van der Waals surface area contributed by atoms with Crippen LogP contribution >= 0.6 is 11.3 Å². The van der Waals surface area contributed by atoms with Crippen LogP contribution in [0.2, 0.25) is 0 Å². The summed E-state index contributed by atoms with van der Waals surface area (Å²) in [6.45, 7) is 11.5. The van der Waals surface area contributed by atoms with Crippen LogP contribution in [0.25, 0.3) is 0 Å². The summed E-state index contributed by atoms with van der Waals surface area (Å²) in [7, 11) is 0. The number of carbonyl (C=O) groups is 2. The van der Waals surface area contributed by atoms with Gasteiger partial charge < -0.3 is 14.8 Å². The summed E-state index contributed by atoms with van der Waals surface area (Å²) in [5.41, 5.74) is 3.11. The van der Waals surface area contributed by atoms with Gasteiger partial charge in [0.05, 0.1) is 18.8 Å². The van der Waals surface area contributed by atoms with E-state index in [-0.39, 0.29) is 17.3 Å². The molecule has 1 unspecified atom stereocenters. The first-order valence-corrected chi connectivity index (χ1v) is 12.9. The lowest BCUT2D eigenvalue weighted by molar-refractivity contribution is -0.116. The molecule has 0 spiro atoms. The van der Waals surface area contributed by atoms with Crippen LogP contribution in [-0.4, -0.2) is 25.1 Å². The van der Waals surface area contributed by atoms with Crippen LogP contribution in [0.3, 0.4) is 0 Å². The minimum absolute atomic E-state index is 0.101. The van der Waals surface area contributed by atoms with E-state index < -0.39 is 0 Å². The molecule has 1 N–H and O–H groups in total. The first kappa shape index (κ1) is 25.3. The number of anilines is 1. The molecule has 6 heteroatoms. The van der Waals surface area contributed by atoms with Crippen molar-refractivity contribution in [1.29, 1.82) is 0 Å². The maximum atomic E-state index is 12.7. The fourth-order valence-electron chi connectivity index (χ4n) is 4.27. The van der Waals surface area contributed by atoms with Gasteiger partial charge in [0.15, 0.2) is 0 Å². The zero-order valence-electron chi connectivity index (χ0n) is 20.6. The van der Waals surface area contributed by atoms with Crippen LogP contribution in [0.15, 0.2) is 24.3 Å². The molecule has 1 heterocycles. The highest BCUT2D eigenvalue weighted by molar-refractivity contribution is 7.17. The van der Waals surface area contributed by atoms with Gasteiger partial charge in [0.2, 0.25) is 5.91 Å². The van der Waals surface area contributed by atoms with Gasteiger partial charge in [0, 0.05) is 11.3 Å². The molecule has 33 heavy (non-hydrogen) atoms. The number of hydrogen-bond donors (Lipinski definition) is 1. The number of nitrogens with one attached hydrogen (secondary N) is 1. The predicted octanol–water partition coefficient (Wildman–Crippen LogP) is 6.44. The van der Waals surface area contributed by atoms with Crippen LogP contribution in [0.4, 0.5) is 5.00 Å². The van der Waals surface area contributed by atoms with Crippen LogP contribution < -0.4 is 10.1 Å². The molecule has 3 rings (SSSR count). The van der Waals surface area contributed by atoms with Gasteiger partial charge in [-0.3, -0.25) is 4.79 Å². The van der Waals surface area contributed by atoms with Crippen molar-refractivity contribution in [3.05, 3.63) is 45.8 Å². The molecule has 180 valence electrons. The van der Waals surface area contributed by atoms with E-state index in [2.05, 4.69) is 45.1 Å². The second kappa shape index (κ2) is 11.2. The standard InChI is InChI=1S/C27H37NO4S/c1-6-18-10-13-20(14-11-18)32-16-8-9-23(29)28-25-24(26(30)31-7-2)21-15-12-19(27(3,4)5)17-22(21)33-25/h10-11,13-14,19H,6-9,12,15-17H2,1-5H3,(H,28,29). The quantitative estimate of drug-likeness (QED) is 0.338. The third kappa shape index (κ3) is 6.59. The molecular weight excluding hydrogens is 434 g/mol. The third-order valence-corrected chi connectivity index (χ3v) is 7.54. The van der Waals surface area contributed by atoms with Gasteiger partial charge in [-0.15, -0.1) is 11.3 Å². The molecule has 0 fully saturated rings. The average molecular weight is 472 g/mol. The smallest absolute Gasteiger partial charge is 0.341 e. The van der Waals surface area contributed by atoms with E-state index in [0.717, 1.165) is 37.0 Å². The molecule has 0 saturated heterocycles. The Bertz CT molecular complexity index is 956. The van der Waals surface area contributed by atoms with Crippen LogP contribution in [0, 0.1) is 11.3 Å². The Balaban J connectivity index is 1.62. The fourth-order valence-corrected chi connectivity index (χ4v) is 5.60. The van der Waals surface area contributed by atoms with Gasteiger partial charge in [0.25, 0.3) is 0 Å². The third-order valence-electron chi connectivity index (χ3n) is 6.37. The van der Waals surface area contributed by atoms with E-state index in [1.165, 1.54) is 21.8 Å². The van der Waals surface area contributed by atoms with Gasteiger partial charge in [-0.05, 0) is 73.6 Å². The summed E-state index contributed by atoms with van der Waals surface area (Å²) in [6.07, 6.45) is 4.77. The van der Waals surface area contributed by atoms with Gasteiger partial charge in [-0.1, -0.05) is 39.8 Å². The Morgan fingerprint density at radius 3 is 2.52 bits per heavy atom. The lowest BCUT2D eigenvalue weighted by atomic mass is 9.72. The SMILES string of the molecule is CCOC(=O)c1c(NC(=O)CCCOc2ccc(CC)cc2)sc2c1CCC(C(C)(C)C)C2. The molecule has 0 radical (unpaired) electrons. The van der Waals surface area contributed by atoms with E-state index in [4.69, 9.17) is 9.47 Å². The summed E-state index contributed by atoms with van der Waals surface area (Å²) in [5.74, 6) is 0.942. The Morgan fingerprint density at radius 1 is 1.15 bits per heavy atom. The molecule has 1 aromatic heterocycles. The first-order chi connectivity index (χ1) is 15.7. The van der Waals surface area contributed by atoms with E-state index in [1.807, 2.05) is 12.1 Å². The molecule has 5 nitrogen and oxygen atoms in total. The molecular formula is C27H37NO4S. The van der Waals surface area contributed by atoms with Gasteiger partial charge in [-0.2, -0.15) is 0 Å². The van der Waals surface area contributed by atoms with Crippen molar-refractivity contribution in [3.8, 4) is 5.75 Å². The number of esters is 1. The largest absolute Gasteiger partial charge is 0.494 e. The number of thiophene rings is 1. The summed E-state index contributed by atoms with van der Waals surface area (Å²) in [5, 5.41) is 3.63. The monoisotopic (exact) mass is 471 g/mol. The molecule has 1 atom stereocenters.